The van der Waals surface area contributed by atoms with Gasteiger partial charge in [0, 0.05) is 5.02 Å². The van der Waals surface area contributed by atoms with Crippen molar-refractivity contribution in [2.45, 2.75) is 12.2 Å². The topological polar surface area (TPSA) is 83.6 Å². The summed E-state index contributed by atoms with van der Waals surface area (Å²) in [7, 11) is 0. The zero-order chi connectivity index (χ0) is 10.7. The highest BCUT2D eigenvalue weighted by Crippen LogP contribution is 2.19. The summed E-state index contributed by atoms with van der Waals surface area (Å²) >= 11 is 5.62. The lowest BCUT2D eigenvalue weighted by atomic mass is 10.0. The first-order chi connectivity index (χ1) is 6.52. The molecule has 76 valence electrons. The summed E-state index contributed by atoms with van der Waals surface area (Å²) in [4.78, 5) is 10.6. The van der Waals surface area contributed by atoms with E-state index in [0.717, 1.165) is 0 Å². The van der Waals surface area contributed by atoms with Crippen LogP contribution in [0.5, 0.6) is 0 Å². The average molecular weight is 216 g/mol. The van der Waals surface area contributed by atoms with Gasteiger partial charge in [0.05, 0.1) is 0 Å². The van der Waals surface area contributed by atoms with E-state index < -0.39 is 18.1 Å². The summed E-state index contributed by atoms with van der Waals surface area (Å²) in [6.45, 7) is 0. The quantitative estimate of drug-likeness (QED) is 0.675. The summed E-state index contributed by atoms with van der Waals surface area (Å²) < 4.78 is 0. The molecule has 0 bridgehead atoms. The van der Waals surface area contributed by atoms with E-state index in [4.69, 9.17) is 22.4 Å². The summed E-state index contributed by atoms with van der Waals surface area (Å²) in [6.07, 6.45) is -2.92. The minimum Gasteiger partial charge on any atom is -0.385 e. The molecule has 5 heteroatoms. The van der Waals surface area contributed by atoms with Gasteiger partial charge in [0.25, 0.3) is 0 Å². The molecular formula is C9H10ClNO3. The number of aliphatic hydroxyl groups is 2. The molecule has 14 heavy (non-hydrogen) atoms. The number of aliphatic hydroxyl groups excluding tert-OH is 2. The van der Waals surface area contributed by atoms with Crippen LogP contribution in [-0.2, 0) is 4.79 Å². The number of carbonyl (C=O) groups excluding carboxylic acids is 1. The van der Waals surface area contributed by atoms with Gasteiger partial charge in [-0.3, -0.25) is 4.79 Å². The number of amides is 1. The van der Waals surface area contributed by atoms with Crippen LogP contribution in [0.3, 0.4) is 0 Å². The van der Waals surface area contributed by atoms with Crippen molar-refractivity contribution in [3.05, 3.63) is 34.9 Å². The molecule has 0 radical (unpaired) electrons. The van der Waals surface area contributed by atoms with Gasteiger partial charge in [-0.1, -0.05) is 23.7 Å². The Bertz CT molecular complexity index is 325. The van der Waals surface area contributed by atoms with E-state index in [1.807, 2.05) is 0 Å². The molecule has 4 nitrogen and oxygen atoms in total. The molecular weight excluding hydrogens is 206 g/mol. The zero-order valence-corrected chi connectivity index (χ0v) is 7.98. The third-order valence-electron chi connectivity index (χ3n) is 1.80. The maximum atomic E-state index is 10.6. The Kier molecular flexibility index (Phi) is 3.46. The van der Waals surface area contributed by atoms with Crippen molar-refractivity contribution in [3.8, 4) is 0 Å². The fourth-order valence-corrected chi connectivity index (χ4v) is 1.12. The van der Waals surface area contributed by atoms with Crippen molar-refractivity contribution in [2.75, 3.05) is 0 Å². The van der Waals surface area contributed by atoms with Gasteiger partial charge in [0.2, 0.25) is 5.91 Å². The number of carbonyl (C=O) groups is 1. The number of benzene rings is 1. The SMILES string of the molecule is NC(=O)C(O)C(O)c1ccc(Cl)cc1. The lowest BCUT2D eigenvalue weighted by Gasteiger charge is -2.14. The van der Waals surface area contributed by atoms with Crippen molar-refractivity contribution in [1.82, 2.24) is 0 Å². The van der Waals surface area contributed by atoms with Gasteiger partial charge in [-0.2, -0.15) is 0 Å². The molecule has 1 amide bonds. The molecule has 0 aliphatic rings. The highest BCUT2D eigenvalue weighted by Gasteiger charge is 2.22. The summed E-state index contributed by atoms with van der Waals surface area (Å²) in [5.41, 5.74) is 5.22. The van der Waals surface area contributed by atoms with Crippen LogP contribution >= 0.6 is 11.6 Å². The van der Waals surface area contributed by atoms with E-state index in [2.05, 4.69) is 0 Å². The van der Waals surface area contributed by atoms with E-state index in [9.17, 15) is 9.90 Å². The molecule has 0 aliphatic heterocycles. The van der Waals surface area contributed by atoms with Gasteiger partial charge in [-0.05, 0) is 17.7 Å². The molecule has 0 saturated carbocycles. The lowest BCUT2D eigenvalue weighted by Crippen LogP contribution is -2.33. The van der Waals surface area contributed by atoms with Crippen molar-refractivity contribution in [3.63, 3.8) is 0 Å². The molecule has 2 atom stereocenters. The van der Waals surface area contributed by atoms with Gasteiger partial charge >= 0.3 is 0 Å². The maximum Gasteiger partial charge on any atom is 0.249 e. The number of hydrogen-bond acceptors (Lipinski definition) is 3. The predicted molar refractivity (Wildman–Crippen MR) is 51.6 cm³/mol. The van der Waals surface area contributed by atoms with Crippen LogP contribution in [-0.4, -0.2) is 22.2 Å². The highest BCUT2D eigenvalue weighted by atomic mass is 35.5. The van der Waals surface area contributed by atoms with Crippen molar-refractivity contribution in [2.24, 2.45) is 5.73 Å². The van der Waals surface area contributed by atoms with E-state index in [-0.39, 0.29) is 0 Å². The Morgan fingerprint density at radius 1 is 1.29 bits per heavy atom. The smallest absolute Gasteiger partial charge is 0.249 e. The van der Waals surface area contributed by atoms with Crippen LogP contribution in [0.1, 0.15) is 11.7 Å². The normalized spacial score (nSPS) is 14.8. The first kappa shape index (κ1) is 11.0. The lowest BCUT2D eigenvalue weighted by molar-refractivity contribution is -0.131. The van der Waals surface area contributed by atoms with Gasteiger partial charge in [-0.15, -0.1) is 0 Å². The fourth-order valence-electron chi connectivity index (χ4n) is 0.998. The third-order valence-corrected chi connectivity index (χ3v) is 2.05. The van der Waals surface area contributed by atoms with Crippen molar-refractivity contribution >= 4 is 17.5 Å². The van der Waals surface area contributed by atoms with Crippen LogP contribution in [0.15, 0.2) is 24.3 Å². The molecule has 1 rings (SSSR count). The van der Waals surface area contributed by atoms with Crippen LogP contribution < -0.4 is 5.73 Å². The summed E-state index contributed by atoms with van der Waals surface area (Å²) in [5.74, 6) is -0.965. The molecule has 1 aromatic rings. The van der Waals surface area contributed by atoms with Crippen molar-refractivity contribution in [1.29, 1.82) is 0 Å². The Morgan fingerprint density at radius 3 is 2.21 bits per heavy atom. The van der Waals surface area contributed by atoms with E-state index in [1.54, 1.807) is 12.1 Å². The molecule has 2 unspecified atom stereocenters. The molecule has 0 fully saturated rings. The summed E-state index contributed by atoms with van der Waals surface area (Å²) in [5, 5.41) is 19.1. The first-order valence-electron chi connectivity index (χ1n) is 3.93. The molecule has 0 heterocycles. The Hall–Kier alpha value is -1.10. The van der Waals surface area contributed by atoms with Crippen LogP contribution in [0.2, 0.25) is 5.02 Å². The van der Waals surface area contributed by atoms with Gasteiger partial charge < -0.3 is 15.9 Å². The molecule has 0 aliphatic carbocycles. The van der Waals surface area contributed by atoms with Crippen LogP contribution in [0.4, 0.5) is 0 Å². The number of rotatable bonds is 3. The van der Waals surface area contributed by atoms with E-state index in [1.165, 1.54) is 12.1 Å². The monoisotopic (exact) mass is 215 g/mol. The minimum atomic E-state index is -1.60. The fraction of sp³-hybridized carbons (Fsp3) is 0.222. The molecule has 1 aromatic carbocycles. The second-order valence-corrected chi connectivity index (χ2v) is 3.28. The molecule has 0 saturated heterocycles. The first-order valence-corrected chi connectivity index (χ1v) is 4.31. The van der Waals surface area contributed by atoms with E-state index >= 15 is 0 Å². The highest BCUT2D eigenvalue weighted by molar-refractivity contribution is 6.30. The van der Waals surface area contributed by atoms with Gasteiger partial charge in [0.1, 0.15) is 6.10 Å². The predicted octanol–water partition coefficient (Wildman–Crippen LogP) is 0.220. The zero-order valence-electron chi connectivity index (χ0n) is 7.22. The second-order valence-electron chi connectivity index (χ2n) is 2.84. The number of halogens is 1. The molecule has 4 N–H and O–H groups in total. The Labute approximate surface area is 85.9 Å². The van der Waals surface area contributed by atoms with Crippen LogP contribution in [0.25, 0.3) is 0 Å². The van der Waals surface area contributed by atoms with Crippen LogP contribution in [0, 0.1) is 0 Å². The largest absolute Gasteiger partial charge is 0.385 e. The van der Waals surface area contributed by atoms with Crippen molar-refractivity contribution < 1.29 is 15.0 Å². The number of primary amides is 1. The average Bonchev–Trinajstić information content (AvgIpc) is 2.16. The number of nitrogens with two attached hydrogens (primary N) is 1. The van der Waals surface area contributed by atoms with Gasteiger partial charge in [-0.25, -0.2) is 0 Å². The third kappa shape index (κ3) is 2.45. The molecule has 0 aromatic heterocycles. The Morgan fingerprint density at radius 2 is 1.79 bits per heavy atom. The minimum absolute atomic E-state index is 0.390. The Balaban J connectivity index is 2.84. The van der Waals surface area contributed by atoms with Gasteiger partial charge in [0.15, 0.2) is 6.10 Å². The maximum absolute atomic E-state index is 10.6. The second kappa shape index (κ2) is 4.41. The standard InChI is InChI=1S/C9H10ClNO3/c10-6-3-1-5(2-4-6)7(12)8(13)9(11)14/h1-4,7-8,12-13H,(H2,11,14). The summed E-state index contributed by atoms with van der Waals surface area (Å²) in [6, 6.07) is 6.12. The number of hydrogen-bond donors (Lipinski definition) is 3. The van der Waals surface area contributed by atoms with E-state index in [0.29, 0.717) is 10.6 Å². The molecule has 0 spiro atoms.